The molecule has 0 aromatic heterocycles. The van der Waals surface area contributed by atoms with Crippen LogP contribution in [0.3, 0.4) is 0 Å². The lowest BCUT2D eigenvalue weighted by atomic mass is 10.3. The summed E-state index contributed by atoms with van der Waals surface area (Å²) in [5, 5.41) is 10.6. The number of halogens is 2. The van der Waals surface area contributed by atoms with Crippen molar-refractivity contribution in [2.24, 2.45) is 0 Å². The van der Waals surface area contributed by atoms with Gasteiger partial charge in [-0.05, 0) is 46.3 Å². The molecule has 0 heterocycles. The summed E-state index contributed by atoms with van der Waals surface area (Å²) in [7, 11) is -3.80. The standard InChI is InChI=1S/C12H8Br2N2O4S/c13-8-1-6-11(14)12(7-8)21(19,20)15-9-2-4-10(5-3-9)16(17)18/h1-7,15H. The van der Waals surface area contributed by atoms with Gasteiger partial charge in [0.2, 0.25) is 0 Å². The van der Waals surface area contributed by atoms with E-state index in [0.717, 1.165) is 0 Å². The summed E-state index contributed by atoms with van der Waals surface area (Å²) in [5.41, 5.74) is 0.133. The minimum absolute atomic E-state index is 0.0650. The van der Waals surface area contributed by atoms with Gasteiger partial charge < -0.3 is 0 Å². The molecule has 21 heavy (non-hydrogen) atoms. The Balaban J connectivity index is 2.33. The minimum atomic E-state index is -3.80. The highest BCUT2D eigenvalue weighted by molar-refractivity contribution is 9.11. The van der Waals surface area contributed by atoms with Gasteiger partial charge in [-0.15, -0.1) is 0 Å². The van der Waals surface area contributed by atoms with Crippen LogP contribution in [-0.4, -0.2) is 13.3 Å². The number of hydrogen-bond donors (Lipinski definition) is 1. The van der Waals surface area contributed by atoms with E-state index in [0.29, 0.717) is 8.95 Å². The van der Waals surface area contributed by atoms with Crippen molar-refractivity contribution in [1.82, 2.24) is 0 Å². The normalized spacial score (nSPS) is 11.1. The first-order valence-electron chi connectivity index (χ1n) is 5.52. The Morgan fingerprint density at radius 3 is 2.24 bits per heavy atom. The van der Waals surface area contributed by atoms with Crippen molar-refractivity contribution < 1.29 is 13.3 Å². The van der Waals surface area contributed by atoms with Gasteiger partial charge in [-0.25, -0.2) is 8.42 Å². The zero-order valence-corrected chi connectivity index (χ0v) is 14.3. The van der Waals surface area contributed by atoms with E-state index < -0.39 is 14.9 Å². The van der Waals surface area contributed by atoms with E-state index in [4.69, 9.17) is 0 Å². The molecular formula is C12H8Br2N2O4S. The average Bonchev–Trinajstić information content (AvgIpc) is 2.41. The number of hydrogen-bond acceptors (Lipinski definition) is 4. The van der Waals surface area contributed by atoms with Crippen LogP contribution < -0.4 is 4.72 Å². The lowest BCUT2D eigenvalue weighted by molar-refractivity contribution is -0.384. The molecule has 110 valence electrons. The van der Waals surface area contributed by atoms with E-state index in [1.54, 1.807) is 12.1 Å². The molecule has 0 bridgehead atoms. The summed E-state index contributed by atoms with van der Waals surface area (Å²) in [6.07, 6.45) is 0. The first-order valence-corrected chi connectivity index (χ1v) is 8.59. The van der Waals surface area contributed by atoms with Crippen molar-refractivity contribution in [2.45, 2.75) is 4.90 Å². The van der Waals surface area contributed by atoms with Crippen molar-refractivity contribution >= 4 is 53.3 Å². The van der Waals surface area contributed by atoms with Crippen molar-refractivity contribution in [3.63, 3.8) is 0 Å². The van der Waals surface area contributed by atoms with E-state index in [1.165, 1.54) is 30.3 Å². The number of non-ortho nitro benzene ring substituents is 1. The number of nitro benzene ring substituents is 1. The van der Waals surface area contributed by atoms with E-state index in [2.05, 4.69) is 36.6 Å². The summed E-state index contributed by atoms with van der Waals surface area (Å²) in [4.78, 5) is 10.1. The number of nitro groups is 1. The van der Waals surface area contributed by atoms with Crippen molar-refractivity contribution in [3.05, 3.63) is 61.5 Å². The molecule has 0 unspecified atom stereocenters. The van der Waals surface area contributed by atoms with Crippen LogP contribution in [0.1, 0.15) is 0 Å². The molecule has 0 aliphatic rings. The Morgan fingerprint density at radius 2 is 1.67 bits per heavy atom. The topological polar surface area (TPSA) is 89.3 Å². The maximum Gasteiger partial charge on any atom is 0.269 e. The molecule has 9 heteroatoms. The second-order valence-electron chi connectivity index (χ2n) is 3.98. The van der Waals surface area contributed by atoms with E-state index in [9.17, 15) is 18.5 Å². The Morgan fingerprint density at radius 1 is 1.05 bits per heavy atom. The average molecular weight is 436 g/mol. The van der Waals surface area contributed by atoms with Crippen LogP contribution in [-0.2, 0) is 10.0 Å². The highest BCUT2D eigenvalue weighted by Gasteiger charge is 2.18. The number of rotatable bonds is 4. The molecule has 2 aromatic rings. The van der Waals surface area contributed by atoms with E-state index in [1.807, 2.05) is 0 Å². The molecular weight excluding hydrogens is 428 g/mol. The van der Waals surface area contributed by atoms with Crippen molar-refractivity contribution in [1.29, 1.82) is 0 Å². The van der Waals surface area contributed by atoms with Crippen LogP contribution in [0.2, 0.25) is 0 Å². The fourth-order valence-corrected chi connectivity index (χ4v) is 4.11. The number of benzene rings is 2. The molecule has 0 aliphatic carbocycles. The maximum absolute atomic E-state index is 12.3. The van der Waals surface area contributed by atoms with Crippen LogP contribution in [0.5, 0.6) is 0 Å². The molecule has 0 aliphatic heterocycles. The first-order chi connectivity index (χ1) is 9.79. The minimum Gasteiger partial charge on any atom is -0.280 e. The molecule has 0 saturated heterocycles. The van der Waals surface area contributed by atoms with E-state index >= 15 is 0 Å². The molecule has 1 N–H and O–H groups in total. The highest BCUT2D eigenvalue weighted by Crippen LogP contribution is 2.27. The molecule has 0 fully saturated rings. The lowest BCUT2D eigenvalue weighted by Gasteiger charge is -2.10. The van der Waals surface area contributed by atoms with Crippen LogP contribution >= 0.6 is 31.9 Å². The van der Waals surface area contributed by atoms with Crippen LogP contribution in [0.4, 0.5) is 11.4 Å². The van der Waals surface area contributed by atoms with Crippen LogP contribution in [0.25, 0.3) is 0 Å². The quantitative estimate of drug-likeness (QED) is 0.582. The van der Waals surface area contributed by atoms with Gasteiger partial charge in [0.1, 0.15) is 4.90 Å². The summed E-state index contributed by atoms with van der Waals surface area (Å²) >= 11 is 6.39. The molecule has 0 amide bonds. The Bertz CT molecular complexity index is 791. The molecule has 0 radical (unpaired) electrons. The van der Waals surface area contributed by atoms with E-state index in [-0.39, 0.29) is 16.3 Å². The second-order valence-corrected chi connectivity index (χ2v) is 7.41. The molecule has 2 aromatic carbocycles. The number of nitrogens with zero attached hydrogens (tertiary/aromatic N) is 1. The second kappa shape index (κ2) is 6.12. The van der Waals surface area contributed by atoms with Gasteiger partial charge in [0.05, 0.1) is 4.92 Å². The first kappa shape index (κ1) is 15.9. The molecule has 6 nitrogen and oxygen atoms in total. The third kappa shape index (κ3) is 3.80. The third-order valence-electron chi connectivity index (χ3n) is 2.51. The summed E-state index contributed by atoms with van der Waals surface area (Å²) in [6, 6.07) is 9.89. The molecule has 0 saturated carbocycles. The Hall–Kier alpha value is -1.45. The monoisotopic (exact) mass is 434 g/mol. The van der Waals surface area contributed by atoms with Crippen molar-refractivity contribution in [3.8, 4) is 0 Å². The number of sulfonamides is 1. The van der Waals surface area contributed by atoms with Gasteiger partial charge in [0, 0.05) is 26.8 Å². The Kier molecular flexibility index (Phi) is 4.64. The van der Waals surface area contributed by atoms with Crippen LogP contribution in [0, 0.1) is 10.1 Å². The number of nitrogens with one attached hydrogen (secondary N) is 1. The van der Waals surface area contributed by atoms with Gasteiger partial charge in [-0.1, -0.05) is 15.9 Å². The molecule has 0 spiro atoms. The third-order valence-corrected chi connectivity index (χ3v) is 5.38. The predicted octanol–water partition coefficient (Wildman–Crippen LogP) is 3.92. The van der Waals surface area contributed by atoms with Gasteiger partial charge in [-0.2, -0.15) is 0 Å². The SMILES string of the molecule is O=[N+]([O-])c1ccc(NS(=O)(=O)c2cc(Br)ccc2Br)cc1. The maximum atomic E-state index is 12.3. The fourth-order valence-electron chi connectivity index (χ4n) is 1.54. The summed E-state index contributed by atoms with van der Waals surface area (Å²) in [6.45, 7) is 0. The Labute approximate surface area is 137 Å². The summed E-state index contributed by atoms with van der Waals surface area (Å²) in [5.74, 6) is 0. The fraction of sp³-hybridized carbons (Fsp3) is 0. The smallest absolute Gasteiger partial charge is 0.269 e. The largest absolute Gasteiger partial charge is 0.280 e. The predicted molar refractivity (Wildman–Crippen MR) is 85.7 cm³/mol. The van der Waals surface area contributed by atoms with Gasteiger partial charge in [0.15, 0.2) is 0 Å². The van der Waals surface area contributed by atoms with Gasteiger partial charge >= 0.3 is 0 Å². The van der Waals surface area contributed by atoms with Crippen LogP contribution in [0.15, 0.2) is 56.3 Å². The number of anilines is 1. The summed E-state index contributed by atoms with van der Waals surface area (Å²) < 4.78 is 28.0. The van der Waals surface area contributed by atoms with Gasteiger partial charge in [-0.3, -0.25) is 14.8 Å². The highest BCUT2D eigenvalue weighted by atomic mass is 79.9. The zero-order chi connectivity index (χ0) is 15.6. The van der Waals surface area contributed by atoms with Crippen molar-refractivity contribution in [2.75, 3.05) is 4.72 Å². The van der Waals surface area contributed by atoms with Gasteiger partial charge in [0.25, 0.3) is 15.7 Å². The zero-order valence-electron chi connectivity index (χ0n) is 10.3. The molecule has 2 rings (SSSR count). The lowest BCUT2D eigenvalue weighted by Crippen LogP contribution is -2.13. The molecule has 0 atom stereocenters.